The maximum Gasteiger partial charge on any atom is 0.273 e. The van der Waals surface area contributed by atoms with Gasteiger partial charge in [-0.1, -0.05) is 12.1 Å². The number of nitrogens with zero attached hydrogens (tertiary/aromatic N) is 3. The van der Waals surface area contributed by atoms with E-state index in [1.807, 2.05) is 60.3 Å². The van der Waals surface area contributed by atoms with Crippen molar-refractivity contribution >= 4 is 17.8 Å². The van der Waals surface area contributed by atoms with E-state index in [0.717, 1.165) is 37.2 Å². The Kier molecular flexibility index (Phi) is 5.42. The lowest BCUT2D eigenvalue weighted by Gasteiger charge is -2.19. The Balaban J connectivity index is 1.50. The van der Waals surface area contributed by atoms with Crippen LogP contribution in [0.2, 0.25) is 0 Å². The van der Waals surface area contributed by atoms with Gasteiger partial charge in [-0.2, -0.15) is 5.10 Å². The second kappa shape index (κ2) is 8.31. The summed E-state index contributed by atoms with van der Waals surface area (Å²) in [5, 5.41) is 4.06. The monoisotopic (exact) mass is 390 g/mol. The van der Waals surface area contributed by atoms with Crippen molar-refractivity contribution in [2.75, 3.05) is 18.0 Å². The normalized spacial score (nSPS) is 13.9. The number of anilines is 1. The fourth-order valence-electron chi connectivity index (χ4n) is 3.63. The Morgan fingerprint density at radius 3 is 2.55 bits per heavy atom. The lowest BCUT2D eigenvalue weighted by atomic mass is 10.1. The zero-order valence-electron chi connectivity index (χ0n) is 16.3. The highest BCUT2D eigenvalue weighted by atomic mass is 19.1. The number of amides is 1. The minimum absolute atomic E-state index is 0.261. The van der Waals surface area contributed by atoms with Crippen LogP contribution < -0.4 is 10.3 Å². The lowest BCUT2D eigenvalue weighted by molar-refractivity contribution is 0.0955. The molecular formula is C23H23FN4O. The van der Waals surface area contributed by atoms with E-state index in [4.69, 9.17) is 0 Å². The highest BCUT2D eigenvalue weighted by molar-refractivity contribution is 5.98. The zero-order chi connectivity index (χ0) is 20.2. The maximum atomic E-state index is 14.5. The average Bonchev–Trinajstić information content (AvgIpc) is 3.44. The minimum Gasteiger partial charge on any atom is -0.369 e. The Morgan fingerprint density at radius 2 is 1.79 bits per heavy atom. The molecule has 3 aromatic rings. The molecule has 0 spiro atoms. The van der Waals surface area contributed by atoms with Crippen LogP contribution in [0.25, 0.3) is 5.69 Å². The fourth-order valence-corrected chi connectivity index (χ4v) is 3.63. The number of aromatic nitrogens is 1. The van der Waals surface area contributed by atoms with Crippen molar-refractivity contribution in [2.24, 2.45) is 5.10 Å². The van der Waals surface area contributed by atoms with E-state index in [1.54, 1.807) is 6.07 Å². The molecule has 4 rings (SSSR count). The number of halogens is 1. The molecular weight excluding hydrogens is 367 g/mol. The molecule has 1 amide bonds. The molecule has 5 nitrogen and oxygen atoms in total. The quantitative estimate of drug-likeness (QED) is 0.522. The molecule has 29 heavy (non-hydrogen) atoms. The summed E-state index contributed by atoms with van der Waals surface area (Å²) in [5.41, 5.74) is 6.02. The largest absolute Gasteiger partial charge is 0.369 e. The third kappa shape index (κ3) is 4.06. The Morgan fingerprint density at radius 1 is 1.07 bits per heavy atom. The first kappa shape index (κ1) is 18.9. The van der Waals surface area contributed by atoms with Crippen LogP contribution in [0.5, 0.6) is 0 Å². The van der Waals surface area contributed by atoms with Crippen LogP contribution in [0.1, 0.15) is 34.3 Å². The lowest BCUT2D eigenvalue weighted by Crippen LogP contribution is -2.20. The summed E-state index contributed by atoms with van der Waals surface area (Å²) in [7, 11) is 0. The Labute approximate surface area is 169 Å². The molecule has 0 saturated carbocycles. The second-order valence-corrected chi connectivity index (χ2v) is 7.16. The van der Waals surface area contributed by atoms with E-state index >= 15 is 0 Å². The third-order valence-electron chi connectivity index (χ3n) is 5.18. The van der Waals surface area contributed by atoms with Crippen LogP contribution in [0, 0.1) is 12.7 Å². The van der Waals surface area contributed by atoms with Crippen molar-refractivity contribution in [3.63, 3.8) is 0 Å². The van der Waals surface area contributed by atoms with Crippen LogP contribution in [0.4, 0.5) is 10.1 Å². The van der Waals surface area contributed by atoms with Gasteiger partial charge in [-0.15, -0.1) is 0 Å². The highest BCUT2D eigenvalue weighted by Crippen LogP contribution is 2.26. The molecule has 0 radical (unpaired) electrons. The van der Waals surface area contributed by atoms with Gasteiger partial charge in [-0.25, -0.2) is 9.82 Å². The second-order valence-electron chi connectivity index (χ2n) is 7.16. The molecule has 1 aromatic heterocycles. The first-order valence-corrected chi connectivity index (χ1v) is 9.74. The highest BCUT2D eigenvalue weighted by Gasteiger charge is 2.17. The van der Waals surface area contributed by atoms with Gasteiger partial charge in [0.25, 0.3) is 5.91 Å². The number of hydrogen-bond donors (Lipinski definition) is 1. The number of para-hydroxylation sites is 1. The van der Waals surface area contributed by atoms with Crippen molar-refractivity contribution in [3.8, 4) is 5.69 Å². The molecule has 2 heterocycles. The van der Waals surface area contributed by atoms with Crippen LogP contribution in [-0.2, 0) is 0 Å². The molecule has 148 valence electrons. The van der Waals surface area contributed by atoms with E-state index in [-0.39, 0.29) is 11.7 Å². The van der Waals surface area contributed by atoms with Gasteiger partial charge in [0.15, 0.2) is 0 Å². The van der Waals surface area contributed by atoms with E-state index in [1.165, 1.54) is 12.3 Å². The summed E-state index contributed by atoms with van der Waals surface area (Å²) in [6, 6.07) is 14.4. The summed E-state index contributed by atoms with van der Waals surface area (Å²) < 4.78 is 16.4. The van der Waals surface area contributed by atoms with Crippen molar-refractivity contribution < 1.29 is 9.18 Å². The van der Waals surface area contributed by atoms with Gasteiger partial charge in [-0.3, -0.25) is 4.79 Å². The van der Waals surface area contributed by atoms with Gasteiger partial charge in [0.2, 0.25) is 0 Å². The number of carbonyl (C=O) groups excluding carboxylic acids is 1. The van der Waals surface area contributed by atoms with Gasteiger partial charge in [-0.05, 0) is 61.7 Å². The van der Waals surface area contributed by atoms with E-state index in [2.05, 4.69) is 15.4 Å². The molecule has 1 saturated heterocycles. The molecule has 1 N–H and O–H groups in total. The van der Waals surface area contributed by atoms with E-state index < -0.39 is 0 Å². The van der Waals surface area contributed by atoms with Gasteiger partial charge in [0.05, 0.1) is 23.2 Å². The smallest absolute Gasteiger partial charge is 0.273 e. The van der Waals surface area contributed by atoms with Crippen LogP contribution in [-0.4, -0.2) is 29.8 Å². The van der Waals surface area contributed by atoms with Crippen molar-refractivity contribution in [3.05, 3.63) is 83.4 Å². The van der Waals surface area contributed by atoms with Crippen LogP contribution >= 0.6 is 0 Å². The van der Waals surface area contributed by atoms with Gasteiger partial charge in [0, 0.05) is 31.0 Å². The number of benzene rings is 2. The number of rotatable bonds is 5. The Bertz CT molecular complexity index is 1040. The van der Waals surface area contributed by atoms with E-state index in [9.17, 15) is 9.18 Å². The molecule has 0 atom stereocenters. The molecule has 0 aliphatic carbocycles. The van der Waals surface area contributed by atoms with Crippen molar-refractivity contribution in [1.82, 2.24) is 9.99 Å². The number of nitrogens with one attached hydrogen (secondary N) is 1. The maximum absolute atomic E-state index is 14.5. The summed E-state index contributed by atoms with van der Waals surface area (Å²) in [6.45, 7) is 3.70. The van der Waals surface area contributed by atoms with Crippen LogP contribution in [0.15, 0.2) is 66.0 Å². The summed E-state index contributed by atoms with van der Waals surface area (Å²) in [4.78, 5) is 14.7. The first-order chi connectivity index (χ1) is 14.1. The molecule has 0 bridgehead atoms. The van der Waals surface area contributed by atoms with Gasteiger partial charge < -0.3 is 9.47 Å². The topological polar surface area (TPSA) is 49.6 Å². The SMILES string of the molecule is Cc1cc(N2CCCC2)c(F)cc1C=NNC(=O)c1ccccc1-n1cccc1. The van der Waals surface area contributed by atoms with E-state index in [0.29, 0.717) is 16.8 Å². The summed E-state index contributed by atoms with van der Waals surface area (Å²) in [5.74, 6) is -0.583. The first-order valence-electron chi connectivity index (χ1n) is 9.74. The van der Waals surface area contributed by atoms with Gasteiger partial charge in [0.1, 0.15) is 5.82 Å². The summed E-state index contributed by atoms with van der Waals surface area (Å²) >= 11 is 0. The number of hydrogen-bond acceptors (Lipinski definition) is 3. The standard InChI is InChI=1S/C23H23FN4O/c1-17-14-22(28-12-6-7-13-28)20(24)15-18(17)16-25-26-23(29)19-8-2-3-9-21(19)27-10-4-5-11-27/h2-5,8-11,14-16H,6-7,12-13H2,1H3,(H,26,29). The molecule has 1 aliphatic heterocycles. The van der Waals surface area contributed by atoms with Crippen molar-refractivity contribution in [2.45, 2.75) is 19.8 Å². The molecule has 6 heteroatoms. The molecule has 1 fully saturated rings. The predicted octanol–water partition coefficient (Wildman–Crippen LogP) is 4.29. The Hall–Kier alpha value is -3.41. The van der Waals surface area contributed by atoms with Gasteiger partial charge >= 0.3 is 0 Å². The number of hydrazone groups is 1. The number of aryl methyl sites for hydroxylation is 1. The minimum atomic E-state index is -0.322. The molecule has 2 aromatic carbocycles. The molecule has 0 unspecified atom stereocenters. The average molecular weight is 390 g/mol. The zero-order valence-corrected chi connectivity index (χ0v) is 16.3. The predicted molar refractivity (Wildman–Crippen MR) is 113 cm³/mol. The van der Waals surface area contributed by atoms with Crippen molar-refractivity contribution in [1.29, 1.82) is 0 Å². The number of carbonyl (C=O) groups is 1. The summed E-state index contributed by atoms with van der Waals surface area (Å²) in [6.07, 6.45) is 7.44. The van der Waals surface area contributed by atoms with Crippen LogP contribution in [0.3, 0.4) is 0 Å². The fraction of sp³-hybridized carbons (Fsp3) is 0.217. The third-order valence-corrected chi connectivity index (χ3v) is 5.18. The molecule has 1 aliphatic rings.